The third-order valence-electron chi connectivity index (χ3n) is 3.52. The molecule has 1 aliphatic rings. The first-order valence-electron chi connectivity index (χ1n) is 6.57. The van der Waals surface area contributed by atoms with Crippen molar-refractivity contribution < 1.29 is 44.6 Å². The van der Waals surface area contributed by atoms with Gasteiger partial charge < -0.3 is 40.3 Å². The van der Waals surface area contributed by atoms with Crippen LogP contribution < -0.4 is 5.32 Å². The Morgan fingerprint density at radius 1 is 1.45 bits per heavy atom. The molecule has 0 unspecified atom stereocenters. The summed E-state index contributed by atoms with van der Waals surface area (Å²) in [5.74, 6) is -4.33. The zero-order valence-electron chi connectivity index (χ0n) is 12.2. The van der Waals surface area contributed by atoms with Gasteiger partial charge in [-0.3, -0.25) is 4.79 Å². The van der Waals surface area contributed by atoms with Crippen LogP contribution in [-0.2, 0) is 19.1 Å². The largest absolute Gasteiger partial charge is 0.477 e. The van der Waals surface area contributed by atoms with Crippen molar-refractivity contribution in [3.8, 4) is 0 Å². The molecule has 0 spiro atoms. The van der Waals surface area contributed by atoms with E-state index in [1.165, 1.54) is 0 Å². The van der Waals surface area contributed by atoms with E-state index < -0.39 is 61.1 Å². The maximum atomic E-state index is 11.3. The Kier molecular flexibility index (Phi) is 6.23. The van der Waals surface area contributed by atoms with E-state index in [1.54, 1.807) is 0 Å². The molecule has 1 aliphatic heterocycles. The van der Waals surface area contributed by atoms with Crippen molar-refractivity contribution in [3.05, 3.63) is 0 Å². The van der Waals surface area contributed by atoms with Crippen molar-refractivity contribution in [2.45, 2.75) is 49.6 Å². The van der Waals surface area contributed by atoms with Gasteiger partial charge in [0.25, 0.3) is 5.79 Å². The maximum Gasteiger partial charge on any atom is 0.364 e. The first kappa shape index (κ1) is 18.7. The molecule has 22 heavy (non-hydrogen) atoms. The fraction of sp³-hybridized carbons (Fsp3) is 0.833. The molecule has 0 aromatic rings. The summed E-state index contributed by atoms with van der Waals surface area (Å²) >= 11 is 0. The average molecular weight is 323 g/mol. The fourth-order valence-corrected chi connectivity index (χ4v) is 2.34. The van der Waals surface area contributed by atoms with Gasteiger partial charge in [0.2, 0.25) is 5.91 Å². The van der Waals surface area contributed by atoms with E-state index >= 15 is 0 Å². The van der Waals surface area contributed by atoms with E-state index in [0.717, 1.165) is 14.0 Å². The van der Waals surface area contributed by atoms with E-state index in [0.29, 0.717) is 0 Å². The van der Waals surface area contributed by atoms with Crippen molar-refractivity contribution in [1.82, 2.24) is 5.32 Å². The van der Waals surface area contributed by atoms with Crippen LogP contribution in [0.25, 0.3) is 0 Å². The number of carbonyl (C=O) groups is 2. The first-order valence-corrected chi connectivity index (χ1v) is 6.57. The SMILES string of the molecule is CO[C@]1(C(=O)O)C[C@H](O)[C@H](NC(C)=O)[C@H]([C@@H](O)[C@@H](O)CO)O1. The third-order valence-corrected chi connectivity index (χ3v) is 3.52. The standard InChI is InChI=1S/C12H21NO9/c1-5(15)13-8-6(16)3-12(21-2,11(19)20)22-10(8)9(18)7(17)4-14/h6-10,14,16-18H,3-4H2,1-2H3,(H,13,15)(H,19,20)/t6-,7-,8-,9-,10+,12+/m0/s1. The van der Waals surface area contributed by atoms with Crippen molar-refractivity contribution in [1.29, 1.82) is 0 Å². The quantitative estimate of drug-likeness (QED) is 0.295. The summed E-state index contributed by atoms with van der Waals surface area (Å²) in [7, 11) is 1.05. The van der Waals surface area contributed by atoms with E-state index in [9.17, 15) is 30.0 Å². The number of amides is 1. The number of rotatable bonds is 6. The summed E-state index contributed by atoms with van der Waals surface area (Å²) in [6, 6.07) is -1.18. The number of nitrogens with one attached hydrogen (secondary N) is 1. The fourth-order valence-electron chi connectivity index (χ4n) is 2.34. The minimum atomic E-state index is -2.24. The molecule has 10 nitrogen and oxygen atoms in total. The molecule has 1 saturated heterocycles. The van der Waals surface area contributed by atoms with Crippen LogP contribution in [-0.4, -0.2) is 87.4 Å². The van der Waals surface area contributed by atoms with Gasteiger partial charge >= 0.3 is 5.97 Å². The van der Waals surface area contributed by atoms with Gasteiger partial charge in [0.15, 0.2) is 0 Å². The summed E-state index contributed by atoms with van der Waals surface area (Å²) in [5, 5.41) is 50.1. The summed E-state index contributed by atoms with van der Waals surface area (Å²) in [6.07, 6.45) is -6.84. The van der Waals surface area contributed by atoms with Gasteiger partial charge in [-0.2, -0.15) is 0 Å². The molecule has 1 heterocycles. The molecular formula is C12H21NO9. The summed E-state index contributed by atoms with van der Waals surface area (Å²) < 4.78 is 10.0. The zero-order valence-corrected chi connectivity index (χ0v) is 12.2. The van der Waals surface area contributed by atoms with Crippen LogP contribution in [0.4, 0.5) is 0 Å². The highest BCUT2D eigenvalue weighted by molar-refractivity contribution is 5.76. The van der Waals surface area contributed by atoms with Crippen LogP contribution in [0.1, 0.15) is 13.3 Å². The number of carboxylic acids is 1. The number of methoxy groups -OCH3 is 1. The molecule has 0 saturated carbocycles. The smallest absolute Gasteiger partial charge is 0.364 e. The zero-order chi connectivity index (χ0) is 17.1. The van der Waals surface area contributed by atoms with Crippen LogP contribution >= 0.6 is 0 Å². The highest BCUT2D eigenvalue weighted by atomic mass is 16.7. The van der Waals surface area contributed by atoms with Gasteiger partial charge in [0, 0.05) is 20.5 Å². The van der Waals surface area contributed by atoms with Gasteiger partial charge in [0.05, 0.1) is 18.8 Å². The highest BCUT2D eigenvalue weighted by Crippen LogP contribution is 2.32. The van der Waals surface area contributed by atoms with Crippen molar-refractivity contribution >= 4 is 11.9 Å². The lowest BCUT2D eigenvalue weighted by Gasteiger charge is -2.46. The number of aliphatic hydroxyl groups is 4. The molecule has 0 aromatic carbocycles. The molecule has 1 rings (SSSR count). The monoisotopic (exact) mass is 323 g/mol. The van der Waals surface area contributed by atoms with Crippen molar-refractivity contribution in [3.63, 3.8) is 0 Å². The Morgan fingerprint density at radius 3 is 2.45 bits per heavy atom. The molecule has 6 N–H and O–H groups in total. The second-order valence-electron chi connectivity index (χ2n) is 5.08. The topological polar surface area (TPSA) is 166 Å². The Balaban J connectivity index is 3.14. The lowest BCUT2D eigenvalue weighted by atomic mass is 9.88. The average Bonchev–Trinajstić information content (AvgIpc) is 2.46. The Hall–Kier alpha value is -1.30. The number of hydrogen-bond acceptors (Lipinski definition) is 8. The van der Waals surface area contributed by atoms with Crippen LogP contribution in [0.2, 0.25) is 0 Å². The van der Waals surface area contributed by atoms with Crippen LogP contribution in [0, 0.1) is 0 Å². The Bertz CT molecular complexity index is 417. The van der Waals surface area contributed by atoms with Crippen LogP contribution in [0.3, 0.4) is 0 Å². The van der Waals surface area contributed by atoms with Crippen LogP contribution in [0.15, 0.2) is 0 Å². The van der Waals surface area contributed by atoms with E-state index in [1.807, 2.05) is 0 Å². The maximum absolute atomic E-state index is 11.3. The minimum absolute atomic E-state index is 0.498. The van der Waals surface area contributed by atoms with Crippen LogP contribution in [0.5, 0.6) is 0 Å². The molecule has 0 bridgehead atoms. The number of carbonyl (C=O) groups excluding carboxylic acids is 1. The van der Waals surface area contributed by atoms with E-state index in [-0.39, 0.29) is 0 Å². The van der Waals surface area contributed by atoms with Crippen molar-refractivity contribution in [2.75, 3.05) is 13.7 Å². The number of aliphatic hydroxyl groups excluding tert-OH is 4. The van der Waals surface area contributed by atoms with Gasteiger partial charge in [0.1, 0.15) is 18.3 Å². The highest BCUT2D eigenvalue weighted by Gasteiger charge is 2.55. The van der Waals surface area contributed by atoms with Gasteiger partial charge in [-0.05, 0) is 0 Å². The summed E-state index contributed by atoms with van der Waals surface area (Å²) in [4.78, 5) is 22.6. The molecule has 10 heteroatoms. The van der Waals surface area contributed by atoms with E-state index in [4.69, 9.17) is 14.6 Å². The lowest BCUT2D eigenvalue weighted by Crippen LogP contribution is -2.67. The van der Waals surface area contributed by atoms with E-state index in [2.05, 4.69) is 5.32 Å². The summed E-state index contributed by atoms with van der Waals surface area (Å²) in [5.41, 5.74) is 0. The van der Waals surface area contributed by atoms with Gasteiger partial charge in [-0.15, -0.1) is 0 Å². The van der Waals surface area contributed by atoms with Crippen molar-refractivity contribution in [2.24, 2.45) is 0 Å². The third kappa shape index (κ3) is 3.72. The first-order chi connectivity index (χ1) is 10.2. The molecule has 0 radical (unpaired) electrons. The van der Waals surface area contributed by atoms with Gasteiger partial charge in [-0.25, -0.2) is 4.79 Å². The minimum Gasteiger partial charge on any atom is -0.477 e. The molecule has 6 atom stereocenters. The molecule has 0 aliphatic carbocycles. The second kappa shape index (κ2) is 7.31. The Labute approximate surface area is 126 Å². The molecular weight excluding hydrogens is 302 g/mol. The predicted molar refractivity (Wildman–Crippen MR) is 69.6 cm³/mol. The Morgan fingerprint density at radius 2 is 2.05 bits per heavy atom. The number of ether oxygens (including phenoxy) is 2. The lowest BCUT2D eigenvalue weighted by molar-refractivity contribution is -0.303. The molecule has 128 valence electrons. The predicted octanol–water partition coefficient (Wildman–Crippen LogP) is -3.22. The second-order valence-corrected chi connectivity index (χ2v) is 5.08. The molecule has 0 aromatic heterocycles. The molecule has 1 fully saturated rings. The number of aliphatic carboxylic acids is 1. The summed E-state index contributed by atoms with van der Waals surface area (Å²) in [6.45, 7) is 0.338. The number of carboxylic acid groups (broad SMARTS) is 1. The number of hydrogen-bond donors (Lipinski definition) is 6. The molecule has 1 amide bonds. The normalized spacial score (nSPS) is 34.7. The van der Waals surface area contributed by atoms with Gasteiger partial charge in [-0.1, -0.05) is 0 Å².